The summed E-state index contributed by atoms with van der Waals surface area (Å²) in [6.45, 7) is 2.22. The molecule has 3 heterocycles. The van der Waals surface area contributed by atoms with Gasteiger partial charge in [-0.2, -0.15) is 0 Å². The lowest BCUT2D eigenvalue weighted by atomic mass is 10.1. The Labute approximate surface area is 105 Å². The Kier molecular flexibility index (Phi) is 3.20. The third kappa shape index (κ3) is 2.40. The Hall–Kier alpha value is -1.20. The zero-order valence-corrected chi connectivity index (χ0v) is 10.5. The first-order valence-electron chi connectivity index (χ1n) is 6.04. The summed E-state index contributed by atoms with van der Waals surface area (Å²) >= 11 is 1.70. The van der Waals surface area contributed by atoms with E-state index < -0.39 is 0 Å². The molecule has 0 unspecified atom stereocenters. The van der Waals surface area contributed by atoms with Crippen LogP contribution in [0, 0.1) is 0 Å². The van der Waals surface area contributed by atoms with Crippen LogP contribution >= 0.6 is 11.3 Å². The highest BCUT2D eigenvalue weighted by Gasteiger charge is 2.17. The first-order valence-corrected chi connectivity index (χ1v) is 6.92. The highest BCUT2D eigenvalue weighted by molar-refractivity contribution is 7.09. The zero-order valence-electron chi connectivity index (χ0n) is 9.67. The molecule has 1 N–H and O–H groups in total. The van der Waals surface area contributed by atoms with Gasteiger partial charge in [0, 0.05) is 30.0 Å². The minimum atomic E-state index is 0.605. The van der Waals surface area contributed by atoms with Crippen LogP contribution in [0.1, 0.15) is 29.7 Å². The van der Waals surface area contributed by atoms with Crippen LogP contribution in [0.25, 0.3) is 0 Å². The SMILES string of the molecule is c1csc(Cc2nccn2C2CCNCC2)n1. The Morgan fingerprint density at radius 1 is 1.29 bits per heavy atom. The first kappa shape index (κ1) is 10.9. The van der Waals surface area contributed by atoms with Crippen molar-refractivity contribution in [2.24, 2.45) is 0 Å². The lowest BCUT2D eigenvalue weighted by molar-refractivity contribution is 0.361. The third-order valence-corrected chi connectivity index (χ3v) is 4.02. The number of rotatable bonds is 3. The molecule has 0 aliphatic carbocycles. The largest absolute Gasteiger partial charge is 0.331 e. The summed E-state index contributed by atoms with van der Waals surface area (Å²) < 4.78 is 2.34. The molecule has 2 aromatic heterocycles. The smallest absolute Gasteiger partial charge is 0.115 e. The van der Waals surface area contributed by atoms with Crippen LogP contribution in [0.15, 0.2) is 24.0 Å². The minimum absolute atomic E-state index is 0.605. The van der Waals surface area contributed by atoms with E-state index in [2.05, 4.69) is 26.0 Å². The molecule has 0 spiro atoms. The first-order chi connectivity index (χ1) is 8.43. The summed E-state index contributed by atoms with van der Waals surface area (Å²) in [6.07, 6.45) is 9.12. The monoisotopic (exact) mass is 248 g/mol. The van der Waals surface area contributed by atoms with Crippen LogP contribution in [-0.4, -0.2) is 27.6 Å². The summed E-state index contributed by atoms with van der Waals surface area (Å²) in [4.78, 5) is 8.81. The molecule has 0 aromatic carbocycles. The van der Waals surface area contributed by atoms with Crippen molar-refractivity contribution in [2.45, 2.75) is 25.3 Å². The van der Waals surface area contributed by atoms with Gasteiger partial charge in [0.2, 0.25) is 0 Å². The maximum absolute atomic E-state index is 4.48. The standard InChI is InChI=1S/C12H16N4S/c1-3-13-4-2-10(1)16-7-5-14-11(16)9-12-15-6-8-17-12/h5-8,10,13H,1-4,9H2. The average molecular weight is 248 g/mol. The van der Waals surface area contributed by atoms with Crippen LogP contribution < -0.4 is 5.32 Å². The quantitative estimate of drug-likeness (QED) is 0.901. The number of imidazole rings is 1. The topological polar surface area (TPSA) is 42.7 Å². The Morgan fingerprint density at radius 3 is 2.94 bits per heavy atom. The molecule has 2 aromatic rings. The van der Waals surface area contributed by atoms with E-state index in [9.17, 15) is 0 Å². The normalized spacial score (nSPS) is 17.4. The molecule has 0 radical (unpaired) electrons. The summed E-state index contributed by atoms with van der Waals surface area (Å²) in [7, 11) is 0. The molecule has 3 rings (SSSR count). The molecular weight excluding hydrogens is 232 g/mol. The van der Waals surface area contributed by atoms with Crippen molar-refractivity contribution in [3.8, 4) is 0 Å². The average Bonchev–Trinajstić information content (AvgIpc) is 3.02. The molecule has 1 aliphatic rings. The van der Waals surface area contributed by atoms with Gasteiger partial charge in [0.1, 0.15) is 5.82 Å². The molecule has 1 saturated heterocycles. The maximum atomic E-state index is 4.48. The van der Waals surface area contributed by atoms with E-state index in [1.54, 1.807) is 11.3 Å². The Bertz CT molecular complexity index is 457. The molecule has 1 fully saturated rings. The lowest BCUT2D eigenvalue weighted by Crippen LogP contribution is -2.29. The Balaban J connectivity index is 1.78. The molecule has 5 heteroatoms. The second kappa shape index (κ2) is 4.98. The fraction of sp³-hybridized carbons (Fsp3) is 0.500. The third-order valence-electron chi connectivity index (χ3n) is 3.24. The summed E-state index contributed by atoms with van der Waals surface area (Å²) in [5.74, 6) is 1.15. The Morgan fingerprint density at radius 2 is 2.18 bits per heavy atom. The number of nitrogens with zero attached hydrogens (tertiary/aromatic N) is 3. The highest BCUT2D eigenvalue weighted by atomic mass is 32.1. The molecular formula is C12H16N4S. The predicted octanol–water partition coefficient (Wildman–Crippen LogP) is 1.85. The van der Waals surface area contributed by atoms with Crippen LogP contribution in [-0.2, 0) is 6.42 Å². The van der Waals surface area contributed by atoms with Crippen molar-refractivity contribution in [3.05, 3.63) is 34.8 Å². The summed E-state index contributed by atoms with van der Waals surface area (Å²) in [6, 6.07) is 0.605. The predicted molar refractivity (Wildman–Crippen MR) is 68.3 cm³/mol. The van der Waals surface area contributed by atoms with Crippen LogP contribution in [0.3, 0.4) is 0 Å². The summed E-state index contributed by atoms with van der Waals surface area (Å²) in [5, 5.41) is 6.56. The van der Waals surface area contributed by atoms with Crippen molar-refractivity contribution in [1.82, 2.24) is 19.9 Å². The number of thiazole rings is 1. The van der Waals surface area contributed by atoms with E-state index in [-0.39, 0.29) is 0 Å². The van der Waals surface area contributed by atoms with Gasteiger partial charge in [-0.15, -0.1) is 11.3 Å². The lowest BCUT2D eigenvalue weighted by Gasteiger charge is -2.25. The van der Waals surface area contributed by atoms with Crippen molar-refractivity contribution >= 4 is 11.3 Å². The van der Waals surface area contributed by atoms with Gasteiger partial charge in [0.05, 0.1) is 11.4 Å². The van der Waals surface area contributed by atoms with E-state index in [0.29, 0.717) is 6.04 Å². The van der Waals surface area contributed by atoms with Gasteiger partial charge in [0.15, 0.2) is 0 Å². The number of hydrogen-bond acceptors (Lipinski definition) is 4. The van der Waals surface area contributed by atoms with Gasteiger partial charge in [-0.25, -0.2) is 9.97 Å². The van der Waals surface area contributed by atoms with Crippen LogP contribution in [0.5, 0.6) is 0 Å². The van der Waals surface area contributed by atoms with Crippen LogP contribution in [0.4, 0.5) is 0 Å². The van der Waals surface area contributed by atoms with Crippen molar-refractivity contribution in [3.63, 3.8) is 0 Å². The summed E-state index contributed by atoms with van der Waals surface area (Å²) in [5.41, 5.74) is 0. The molecule has 1 aliphatic heterocycles. The molecule has 0 amide bonds. The number of piperidine rings is 1. The van der Waals surface area contributed by atoms with Gasteiger partial charge in [-0.1, -0.05) is 0 Å². The van der Waals surface area contributed by atoms with Gasteiger partial charge in [0.25, 0.3) is 0 Å². The van der Waals surface area contributed by atoms with Crippen molar-refractivity contribution < 1.29 is 0 Å². The van der Waals surface area contributed by atoms with Crippen molar-refractivity contribution in [2.75, 3.05) is 13.1 Å². The van der Waals surface area contributed by atoms with Gasteiger partial charge in [-0.3, -0.25) is 0 Å². The molecule has 0 atom stereocenters. The molecule has 17 heavy (non-hydrogen) atoms. The van der Waals surface area contributed by atoms with E-state index in [0.717, 1.165) is 30.3 Å². The van der Waals surface area contributed by atoms with E-state index in [1.165, 1.54) is 12.8 Å². The van der Waals surface area contributed by atoms with E-state index >= 15 is 0 Å². The fourth-order valence-electron chi connectivity index (χ4n) is 2.37. The maximum Gasteiger partial charge on any atom is 0.115 e. The van der Waals surface area contributed by atoms with E-state index in [1.807, 2.05) is 17.8 Å². The van der Waals surface area contributed by atoms with E-state index in [4.69, 9.17) is 0 Å². The highest BCUT2D eigenvalue weighted by Crippen LogP contribution is 2.21. The number of hydrogen-bond donors (Lipinski definition) is 1. The molecule has 0 bridgehead atoms. The second-order valence-electron chi connectivity index (χ2n) is 4.33. The van der Waals surface area contributed by atoms with Gasteiger partial charge in [-0.05, 0) is 25.9 Å². The minimum Gasteiger partial charge on any atom is -0.331 e. The van der Waals surface area contributed by atoms with Gasteiger partial charge >= 0.3 is 0 Å². The van der Waals surface area contributed by atoms with Gasteiger partial charge < -0.3 is 9.88 Å². The fourth-order valence-corrected chi connectivity index (χ4v) is 2.99. The zero-order chi connectivity index (χ0) is 11.5. The number of aromatic nitrogens is 3. The van der Waals surface area contributed by atoms with Crippen molar-refractivity contribution in [1.29, 1.82) is 0 Å². The second-order valence-corrected chi connectivity index (χ2v) is 5.31. The molecule has 0 saturated carbocycles. The molecule has 4 nitrogen and oxygen atoms in total. The van der Waals surface area contributed by atoms with Crippen LogP contribution in [0.2, 0.25) is 0 Å². The number of nitrogens with one attached hydrogen (secondary N) is 1. The molecule has 90 valence electrons.